The lowest BCUT2D eigenvalue weighted by Gasteiger charge is -2.69. The van der Waals surface area contributed by atoms with Crippen LogP contribution in [-0.2, 0) is 9.53 Å². The Morgan fingerprint density at radius 2 is 1.77 bits per heavy atom. The third-order valence-electron chi connectivity index (χ3n) is 13.0. The minimum Gasteiger partial charge on any atom is -0.468 e. The van der Waals surface area contributed by atoms with E-state index in [-0.39, 0.29) is 16.8 Å². The molecule has 3 fully saturated rings. The lowest BCUT2D eigenvalue weighted by Crippen LogP contribution is -2.62. The van der Waals surface area contributed by atoms with Gasteiger partial charge in [0.15, 0.2) is 0 Å². The van der Waals surface area contributed by atoms with Crippen LogP contribution < -0.4 is 5.73 Å². The van der Waals surface area contributed by atoms with Gasteiger partial charge in [-0.05, 0) is 115 Å². The summed E-state index contributed by atoms with van der Waals surface area (Å²) in [6, 6.07) is -0.511. The molecular formula is C32H55NO2. The predicted molar refractivity (Wildman–Crippen MR) is 146 cm³/mol. The molecule has 4 aliphatic rings. The summed E-state index contributed by atoms with van der Waals surface area (Å²) in [4.78, 5) is 12.2. The van der Waals surface area contributed by atoms with Crippen molar-refractivity contribution >= 4 is 5.97 Å². The van der Waals surface area contributed by atoms with Gasteiger partial charge in [0.25, 0.3) is 0 Å². The summed E-state index contributed by atoms with van der Waals surface area (Å²) in [7, 11) is 1.46. The summed E-state index contributed by atoms with van der Waals surface area (Å²) >= 11 is 0. The quantitative estimate of drug-likeness (QED) is 0.319. The number of methoxy groups -OCH3 is 1. The minimum atomic E-state index is -0.511. The number of fused-ring (bicyclic) bond motifs is 5. The second-order valence-corrected chi connectivity index (χ2v) is 14.8. The number of carbonyl (C=O) groups excluding carboxylic acids is 1. The van der Waals surface area contributed by atoms with E-state index >= 15 is 0 Å². The Morgan fingerprint density at radius 3 is 2.40 bits per heavy atom. The molecule has 3 nitrogen and oxygen atoms in total. The SMILES string of the molecule is COC(=O)C(N)CC[C@]1(C)[C@H]2CC=C3[C@@H]4[C@@H](C)[C@H](C)CC[C@]4(C)CC[C@@]3(C)[C@]2(C)CC[C@H]1C(C)C. The fraction of sp³-hybridized carbons (Fsp3) is 0.906. The van der Waals surface area contributed by atoms with E-state index in [1.165, 1.54) is 52.1 Å². The molecule has 0 spiro atoms. The Labute approximate surface area is 216 Å². The standard InChI is InChI=1S/C32H55NO2/c1-20(2)23-13-17-32(8)26(30(23,6)16-14-25(33)28(34)35-9)11-10-24-27-22(4)21(3)12-15-29(27,5)18-19-31(24,32)7/h10,20-23,25-27H,11-19,33H2,1-9H3/t21-,22+,23+,25?,26-,27+,29-,30+,31-,32-/m1/s1. The van der Waals surface area contributed by atoms with Gasteiger partial charge in [0.05, 0.1) is 7.11 Å². The summed E-state index contributed by atoms with van der Waals surface area (Å²) in [5.74, 6) is 4.02. The van der Waals surface area contributed by atoms with Crippen LogP contribution in [0, 0.1) is 57.2 Å². The van der Waals surface area contributed by atoms with E-state index < -0.39 is 6.04 Å². The number of nitrogens with two attached hydrogens (primary N) is 1. The lowest BCUT2D eigenvalue weighted by atomic mass is 9.35. The molecular weight excluding hydrogens is 430 g/mol. The zero-order valence-electron chi connectivity index (χ0n) is 24.4. The molecule has 0 amide bonds. The fourth-order valence-electron chi connectivity index (χ4n) is 10.4. The summed E-state index contributed by atoms with van der Waals surface area (Å²) in [5.41, 5.74) is 9.36. The number of carbonyl (C=O) groups is 1. The van der Waals surface area contributed by atoms with Crippen molar-refractivity contribution in [2.24, 2.45) is 62.9 Å². The van der Waals surface area contributed by atoms with Gasteiger partial charge in [0.1, 0.15) is 6.04 Å². The van der Waals surface area contributed by atoms with E-state index in [1.54, 1.807) is 0 Å². The maximum absolute atomic E-state index is 12.2. The van der Waals surface area contributed by atoms with Crippen LogP contribution in [0.4, 0.5) is 0 Å². The molecule has 3 heteroatoms. The van der Waals surface area contributed by atoms with Crippen LogP contribution in [-0.4, -0.2) is 19.1 Å². The Hall–Kier alpha value is -0.830. The first-order valence-corrected chi connectivity index (χ1v) is 14.8. The summed E-state index contributed by atoms with van der Waals surface area (Å²) in [6.45, 7) is 20.4. The zero-order chi connectivity index (χ0) is 26.0. The molecule has 0 aromatic rings. The van der Waals surface area contributed by atoms with Crippen LogP contribution in [0.3, 0.4) is 0 Å². The van der Waals surface area contributed by atoms with Crippen molar-refractivity contribution in [3.63, 3.8) is 0 Å². The number of hydrogen-bond acceptors (Lipinski definition) is 3. The zero-order valence-corrected chi connectivity index (χ0v) is 24.4. The molecule has 4 aliphatic carbocycles. The maximum Gasteiger partial charge on any atom is 0.322 e. The highest BCUT2D eigenvalue weighted by atomic mass is 16.5. The minimum absolute atomic E-state index is 0.185. The van der Waals surface area contributed by atoms with Gasteiger partial charge in [-0.2, -0.15) is 0 Å². The normalized spacial score (nSPS) is 48.3. The molecule has 0 radical (unpaired) electrons. The highest BCUT2D eigenvalue weighted by molar-refractivity contribution is 5.75. The van der Waals surface area contributed by atoms with Crippen molar-refractivity contribution < 1.29 is 9.53 Å². The van der Waals surface area contributed by atoms with Crippen molar-refractivity contribution in [3.8, 4) is 0 Å². The van der Waals surface area contributed by atoms with Crippen LogP contribution in [0.1, 0.15) is 113 Å². The second-order valence-electron chi connectivity index (χ2n) is 14.8. The van der Waals surface area contributed by atoms with Gasteiger partial charge in [0, 0.05) is 0 Å². The number of ether oxygens (including phenoxy) is 1. The van der Waals surface area contributed by atoms with Crippen molar-refractivity contribution in [1.82, 2.24) is 0 Å². The van der Waals surface area contributed by atoms with Crippen LogP contribution in [0.2, 0.25) is 0 Å². The molecule has 0 bridgehead atoms. The predicted octanol–water partition coefficient (Wildman–Crippen LogP) is 7.78. The molecule has 4 rings (SSSR count). The van der Waals surface area contributed by atoms with Gasteiger partial charge in [-0.15, -0.1) is 0 Å². The number of allylic oxidation sites excluding steroid dienone is 2. The first-order valence-electron chi connectivity index (χ1n) is 14.8. The second kappa shape index (κ2) is 9.17. The molecule has 35 heavy (non-hydrogen) atoms. The molecule has 10 atom stereocenters. The fourth-order valence-corrected chi connectivity index (χ4v) is 10.4. The Bertz CT molecular complexity index is 849. The number of rotatable bonds is 5. The van der Waals surface area contributed by atoms with E-state index in [9.17, 15) is 4.79 Å². The van der Waals surface area contributed by atoms with Crippen LogP contribution in [0.15, 0.2) is 11.6 Å². The molecule has 0 aromatic carbocycles. The first-order chi connectivity index (χ1) is 16.2. The molecule has 0 aromatic heterocycles. The third-order valence-corrected chi connectivity index (χ3v) is 13.0. The van der Waals surface area contributed by atoms with Gasteiger partial charge >= 0.3 is 5.97 Å². The molecule has 1 unspecified atom stereocenters. The highest BCUT2D eigenvalue weighted by Gasteiger charge is 2.65. The molecule has 0 aliphatic heterocycles. The Balaban J connectivity index is 1.74. The largest absolute Gasteiger partial charge is 0.468 e. The summed E-state index contributed by atoms with van der Waals surface area (Å²) in [6.07, 6.45) is 13.8. The van der Waals surface area contributed by atoms with Gasteiger partial charge < -0.3 is 10.5 Å². The van der Waals surface area contributed by atoms with E-state index in [4.69, 9.17) is 10.5 Å². The van der Waals surface area contributed by atoms with Crippen LogP contribution in [0.5, 0.6) is 0 Å². The number of esters is 1. The van der Waals surface area contributed by atoms with Gasteiger partial charge in [-0.1, -0.05) is 67.0 Å². The molecule has 0 heterocycles. The summed E-state index contributed by atoms with van der Waals surface area (Å²) in [5, 5.41) is 0. The van der Waals surface area contributed by atoms with E-state index in [0.29, 0.717) is 28.6 Å². The van der Waals surface area contributed by atoms with Gasteiger partial charge in [0.2, 0.25) is 0 Å². The Morgan fingerprint density at radius 1 is 1.09 bits per heavy atom. The lowest BCUT2D eigenvalue weighted by molar-refractivity contribution is -0.158. The summed E-state index contributed by atoms with van der Waals surface area (Å²) < 4.78 is 4.98. The Kier molecular flexibility index (Phi) is 7.13. The van der Waals surface area contributed by atoms with Crippen molar-refractivity contribution in [2.45, 2.75) is 119 Å². The van der Waals surface area contributed by atoms with Gasteiger partial charge in [-0.3, -0.25) is 4.79 Å². The van der Waals surface area contributed by atoms with Gasteiger partial charge in [-0.25, -0.2) is 0 Å². The topological polar surface area (TPSA) is 52.3 Å². The molecule has 0 saturated heterocycles. The van der Waals surface area contributed by atoms with E-state index in [0.717, 1.165) is 30.6 Å². The first kappa shape index (κ1) is 27.2. The highest BCUT2D eigenvalue weighted by Crippen LogP contribution is 2.74. The van der Waals surface area contributed by atoms with E-state index in [1.807, 2.05) is 5.57 Å². The number of hydrogen-bond donors (Lipinski definition) is 1. The van der Waals surface area contributed by atoms with Crippen molar-refractivity contribution in [2.75, 3.05) is 7.11 Å². The molecule has 2 N–H and O–H groups in total. The molecule has 3 saturated carbocycles. The smallest absolute Gasteiger partial charge is 0.322 e. The maximum atomic E-state index is 12.2. The van der Waals surface area contributed by atoms with Crippen molar-refractivity contribution in [1.29, 1.82) is 0 Å². The average molecular weight is 486 g/mol. The van der Waals surface area contributed by atoms with Crippen molar-refractivity contribution in [3.05, 3.63) is 11.6 Å². The molecule has 200 valence electrons. The third kappa shape index (κ3) is 3.96. The van der Waals surface area contributed by atoms with Crippen LogP contribution in [0.25, 0.3) is 0 Å². The average Bonchev–Trinajstić information content (AvgIpc) is 2.80. The van der Waals surface area contributed by atoms with E-state index in [2.05, 4.69) is 61.5 Å². The van der Waals surface area contributed by atoms with Crippen LogP contribution >= 0.6 is 0 Å². The monoisotopic (exact) mass is 485 g/mol.